The van der Waals surface area contributed by atoms with Gasteiger partial charge in [-0.05, 0) is 36.8 Å². The number of nitrogens with one attached hydrogen (secondary N) is 1. The van der Waals surface area contributed by atoms with E-state index in [2.05, 4.69) is 5.32 Å². The molecule has 0 aliphatic heterocycles. The van der Waals surface area contributed by atoms with E-state index in [-0.39, 0.29) is 16.9 Å². The van der Waals surface area contributed by atoms with Crippen molar-refractivity contribution in [1.82, 2.24) is 0 Å². The van der Waals surface area contributed by atoms with Gasteiger partial charge in [-0.1, -0.05) is 6.07 Å². The van der Waals surface area contributed by atoms with Crippen molar-refractivity contribution in [2.45, 2.75) is 6.92 Å². The van der Waals surface area contributed by atoms with Gasteiger partial charge in [0.1, 0.15) is 17.4 Å². The van der Waals surface area contributed by atoms with E-state index in [9.17, 15) is 14.5 Å². The maximum absolute atomic E-state index is 13.7. The number of nitriles is 1. The van der Waals surface area contributed by atoms with E-state index < -0.39 is 10.7 Å². The molecule has 0 aromatic heterocycles. The first-order chi connectivity index (χ1) is 9.51. The standard InChI is InChI=1S/C14H10FN3O2/c1-9-2-4-13(12(15)6-9)17-11-3-5-14(18(19)20)10(7-11)8-16/h2-7,17H,1H3. The Morgan fingerprint density at radius 1 is 1.30 bits per heavy atom. The summed E-state index contributed by atoms with van der Waals surface area (Å²) in [6.07, 6.45) is 0. The van der Waals surface area contributed by atoms with Crippen molar-refractivity contribution in [1.29, 1.82) is 5.26 Å². The average Bonchev–Trinajstić information content (AvgIpc) is 2.41. The second-order valence-electron chi connectivity index (χ2n) is 4.21. The number of nitrogens with zero attached hydrogens (tertiary/aromatic N) is 2. The van der Waals surface area contributed by atoms with Gasteiger partial charge in [-0.25, -0.2) is 4.39 Å². The van der Waals surface area contributed by atoms with E-state index in [1.54, 1.807) is 25.1 Å². The lowest BCUT2D eigenvalue weighted by Gasteiger charge is -2.08. The molecule has 0 saturated carbocycles. The largest absolute Gasteiger partial charge is 0.353 e. The van der Waals surface area contributed by atoms with E-state index in [1.165, 1.54) is 24.3 Å². The molecule has 0 unspecified atom stereocenters. The molecule has 6 heteroatoms. The van der Waals surface area contributed by atoms with Crippen LogP contribution < -0.4 is 5.32 Å². The highest BCUT2D eigenvalue weighted by Crippen LogP contribution is 2.25. The Hall–Kier alpha value is -2.94. The number of halogens is 1. The zero-order chi connectivity index (χ0) is 14.7. The molecule has 0 amide bonds. The number of hydrogen-bond acceptors (Lipinski definition) is 4. The van der Waals surface area contributed by atoms with Crippen LogP contribution in [0.2, 0.25) is 0 Å². The molecule has 0 radical (unpaired) electrons. The quantitative estimate of drug-likeness (QED) is 0.682. The lowest BCUT2D eigenvalue weighted by atomic mass is 10.1. The summed E-state index contributed by atoms with van der Waals surface area (Å²) < 4.78 is 13.7. The Bertz CT molecular complexity index is 723. The molecule has 0 bridgehead atoms. The lowest BCUT2D eigenvalue weighted by Crippen LogP contribution is -1.97. The fourth-order valence-corrected chi connectivity index (χ4v) is 1.74. The van der Waals surface area contributed by atoms with Crippen LogP contribution in [0.15, 0.2) is 36.4 Å². The highest BCUT2D eigenvalue weighted by molar-refractivity contribution is 5.65. The van der Waals surface area contributed by atoms with Crippen LogP contribution in [0, 0.1) is 34.2 Å². The van der Waals surface area contributed by atoms with Gasteiger partial charge in [0.05, 0.1) is 10.6 Å². The molecule has 100 valence electrons. The molecule has 0 heterocycles. The van der Waals surface area contributed by atoms with Crippen molar-refractivity contribution in [3.8, 4) is 6.07 Å². The molecular formula is C14H10FN3O2. The van der Waals surface area contributed by atoms with Gasteiger partial charge in [0.15, 0.2) is 0 Å². The summed E-state index contributed by atoms with van der Waals surface area (Å²) in [6, 6.07) is 10.4. The van der Waals surface area contributed by atoms with E-state index >= 15 is 0 Å². The molecule has 0 aliphatic rings. The van der Waals surface area contributed by atoms with Crippen molar-refractivity contribution in [3.63, 3.8) is 0 Å². The minimum atomic E-state index is -0.630. The zero-order valence-corrected chi connectivity index (χ0v) is 10.6. The van der Waals surface area contributed by atoms with Gasteiger partial charge in [0, 0.05) is 11.8 Å². The lowest BCUT2D eigenvalue weighted by molar-refractivity contribution is -0.385. The van der Waals surface area contributed by atoms with E-state index in [0.29, 0.717) is 5.69 Å². The maximum Gasteiger partial charge on any atom is 0.287 e. The fraction of sp³-hybridized carbons (Fsp3) is 0.0714. The van der Waals surface area contributed by atoms with Crippen LogP contribution in [0.5, 0.6) is 0 Å². The molecule has 5 nitrogen and oxygen atoms in total. The molecule has 0 fully saturated rings. The number of aryl methyl sites for hydroxylation is 1. The monoisotopic (exact) mass is 271 g/mol. The van der Waals surface area contributed by atoms with Crippen LogP contribution >= 0.6 is 0 Å². The Balaban J connectivity index is 2.35. The summed E-state index contributed by atoms with van der Waals surface area (Å²) in [5.41, 5.74) is 1.09. The average molecular weight is 271 g/mol. The SMILES string of the molecule is Cc1ccc(Nc2ccc([N+](=O)[O-])c(C#N)c2)c(F)c1. The van der Waals surface area contributed by atoms with Crippen molar-refractivity contribution < 1.29 is 9.31 Å². The van der Waals surface area contributed by atoms with Crippen molar-refractivity contribution in [3.05, 3.63) is 63.5 Å². The van der Waals surface area contributed by atoms with Gasteiger partial charge >= 0.3 is 0 Å². The smallest absolute Gasteiger partial charge is 0.287 e. The van der Waals surface area contributed by atoms with Crippen LogP contribution in [-0.4, -0.2) is 4.92 Å². The van der Waals surface area contributed by atoms with Crippen molar-refractivity contribution >= 4 is 17.1 Å². The predicted octanol–water partition coefficient (Wildman–Crippen LogP) is 3.66. The van der Waals surface area contributed by atoms with Gasteiger partial charge < -0.3 is 5.32 Å². The minimum absolute atomic E-state index is 0.0764. The molecule has 20 heavy (non-hydrogen) atoms. The van der Waals surface area contributed by atoms with E-state index in [4.69, 9.17) is 5.26 Å². The van der Waals surface area contributed by atoms with Crippen molar-refractivity contribution in [2.75, 3.05) is 5.32 Å². The number of anilines is 2. The Kier molecular flexibility index (Phi) is 3.62. The maximum atomic E-state index is 13.7. The first kappa shape index (κ1) is 13.5. The number of benzene rings is 2. The molecule has 0 atom stereocenters. The minimum Gasteiger partial charge on any atom is -0.353 e. The number of rotatable bonds is 3. The number of nitro groups is 1. The van der Waals surface area contributed by atoms with Gasteiger partial charge in [-0.2, -0.15) is 5.26 Å². The number of hydrogen-bond donors (Lipinski definition) is 1. The molecule has 2 aromatic rings. The molecule has 0 spiro atoms. The third-order valence-electron chi connectivity index (χ3n) is 2.72. The highest BCUT2D eigenvalue weighted by Gasteiger charge is 2.14. The van der Waals surface area contributed by atoms with Crippen LogP contribution in [-0.2, 0) is 0 Å². The molecule has 1 N–H and O–H groups in total. The molecule has 2 aromatic carbocycles. The second kappa shape index (κ2) is 5.36. The van der Waals surface area contributed by atoms with Gasteiger partial charge in [0.2, 0.25) is 0 Å². The zero-order valence-electron chi connectivity index (χ0n) is 10.6. The molecule has 0 saturated heterocycles. The van der Waals surface area contributed by atoms with E-state index in [1.807, 2.05) is 0 Å². The third kappa shape index (κ3) is 2.72. The van der Waals surface area contributed by atoms with Crippen LogP contribution in [0.1, 0.15) is 11.1 Å². The Morgan fingerprint density at radius 3 is 2.65 bits per heavy atom. The first-order valence-electron chi connectivity index (χ1n) is 5.73. The van der Waals surface area contributed by atoms with Crippen LogP contribution in [0.25, 0.3) is 0 Å². The summed E-state index contributed by atoms with van der Waals surface area (Å²) in [4.78, 5) is 10.1. The number of nitro benzene ring substituents is 1. The fourth-order valence-electron chi connectivity index (χ4n) is 1.74. The predicted molar refractivity (Wildman–Crippen MR) is 72.2 cm³/mol. The van der Waals surface area contributed by atoms with Crippen LogP contribution in [0.3, 0.4) is 0 Å². The van der Waals surface area contributed by atoms with E-state index in [0.717, 1.165) is 5.56 Å². The topological polar surface area (TPSA) is 79.0 Å². The summed E-state index contributed by atoms with van der Waals surface area (Å²) in [5.74, 6) is -0.429. The Morgan fingerprint density at radius 2 is 2.05 bits per heavy atom. The second-order valence-corrected chi connectivity index (χ2v) is 4.21. The first-order valence-corrected chi connectivity index (χ1v) is 5.73. The third-order valence-corrected chi connectivity index (χ3v) is 2.72. The van der Waals surface area contributed by atoms with Gasteiger partial charge in [0.25, 0.3) is 5.69 Å². The summed E-state index contributed by atoms with van der Waals surface area (Å²) in [6.45, 7) is 1.77. The molecule has 2 rings (SSSR count). The van der Waals surface area contributed by atoms with Crippen molar-refractivity contribution in [2.24, 2.45) is 0 Å². The van der Waals surface area contributed by atoms with Gasteiger partial charge in [-0.3, -0.25) is 10.1 Å². The summed E-state index contributed by atoms with van der Waals surface area (Å²) in [5, 5.41) is 22.4. The molecular weight excluding hydrogens is 261 g/mol. The summed E-state index contributed by atoms with van der Waals surface area (Å²) >= 11 is 0. The normalized spacial score (nSPS) is 9.85. The Labute approximate surface area is 114 Å². The highest BCUT2D eigenvalue weighted by atomic mass is 19.1. The van der Waals surface area contributed by atoms with Gasteiger partial charge in [-0.15, -0.1) is 0 Å². The van der Waals surface area contributed by atoms with Crippen LogP contribution in [0.4, 0.5) is 21.5 Å². The summed E-state index contributed by atoms with van der Waals surface area (Å²) in [7, 11) is 0. The molecule has 0 aliphatic carbocycles.